The van der Waals surface area contributed by atoms with Crippen LogP contribution in [0.3, 0.4) is 0 Å². The van der Waals surface area contributed by atoms with Crippen molar-refractivity contribution in [3.8, 4) is 0 Å². The average Bonchev–Trinajstić information content (AvgIpc) is 3.42. The van der Waals surface area contributed by atoms with E-state index in [1.165, 1.54) is 29.2 Å². The zero-order chi connectivity index (χ0) is 30.3. The lowest BCUT2D eigenvalue weighted by molar-refractivity contribution is -0.140. The van der Waals surface area contributed by atoms with Crippen molar-refractivity contribution in [2.45, 2.75) is 62.6 Å². The molecule has 0 aliphatic carbocycles. The summed E-state index contributed by atoms with van der Waals surface area (Å²) in [5, 5.41) is 3.29. The highest BCUT2D eigenvalue weighted by molar-refractivity contribution is 7.89. The first kappa shape index (κ1) is 35.1. The number of carbonyl (C=O) groups excluding carboxylic acids is 3. The molecule has 0 bridgehead atoms. The van der Waals surface area contributed by atoms with Gasteiger partial charge in [0.25, 0.3) is 0 Å². The molecule has 1 aliphatic heterocycles. The molecule has 5 N–H and O–H groups in total. The van der Waals surface area contributed by atoms with Crippen LogP contribution >= 0.6 is 24.0 Å². The van der Waals surface area contributed by atoms with Gasteiger partial charge in [-0.25, -0.2) is 13.2 Å². The number of hydrogen-bond acceptors (Lipinski definition) is 8. The molecule has 3 rings (SSSR count). The fraction of sp³-hybridized carbons (Fsp3) is 0.444. The molecule has 42 heavy (non-hydrogen) atoms. The number of nitrogens with two attached hydrogens (primary N) is 2. The summed E-state index contributed by atoms with van der Waals surface area (Å²) in [5.74, 6) is -1.33. The van der Waals surface area contributed by atoms with Crippen molar-refractivity contribution in [1.29, 1.82) is 0 Å². The Morgan fingerprint density at radius 3 is 2.38 bits per heavy atom. The molecule has 0 saturated carbocycles. The van der Waals surface area contributed by atoms with E-state index in [1.807, 2.05) is 13.8 Å². The molecule has 2 aromatic carbocycles. The number of hydrogen-bond donors (Lipinski definition) is 3. The third-order valence-electron chi connectivity index (χ3n) is 6.85. The predicted octanol–water partition coefficient (Wildman–Crippen LogP) is 3.32. The van der Waals surface area contributed by atoms with Gasteiger partial charge in [0, 0.05) is 11.6 Å². The third-order valence-corrected chi connectivity index (χ3v) is 8.69. The van der Waals surface area contributed by atoms with Crippen LogP contribution in [-0.2, 0) is 26.0 Å². The van der Waals surface area contributed by atoms with Gasteiger partial charge in [-0.1, -0.05) is 55.8 Å². The Hall–Kier alpha value is -3.10. The van der Waals surface area contributed by atoms with Crippen molar-refractivity contribution < 1.29 is 22.8 Å². The maximum Gasteiger partial charge on any atom is 0.338 e. The highest BCUT2D eigenvalue weighted by Crippen LogP contribution is 2.32. The van der Waals surface area contributed by atoms with Gasteiger partial charge < -0.3 is 16.4 Å². The first-order valence-electron chi connectivity index (χ1n) is 13.2. The van der Waals surface area contributed by atoms with E-state index in [2.05, 4.69) is 10.0 Å². The summed E-state index contributed by atoms with van der Waals surface area (Å²) < 4.78 is 28.7. The predicted molar refractivity (Wildman–Crippen MR) is 161 cm³/mol. The summed E-state index contributed by atoms with van der Waals surface area (Å²) in [5.41, 5.74) is 11.9. The van der Waals surface area contributed by atoms with Crippen LogP contribution in [0.15, 0.2) is 58.7 Å². The lowest BCUT2D eigenvalue weighted by Gasteiger charge is -2.32. The number of sulfonamides is 1. The summed E-state index contributed by atoms with van der Waals surface area (Å²) >= 11 is 6.39. The molecule has 1 fully saturated rings. The van der Waals surface area contributed by atoms with Crippen LogP contribution in [-0.4, -0.2) is 61.2 Å². The van der Waals surface area contributed by atoms with Crippen LogP contribution in [0, 0.1) is 10.8 Å². The molecule has 0 spiro atoms. The molecule has 15 heteroatoms. The molecule has 2 aromatic rings. The smallest absolute Gasteiger partial charge is 0.338 e. The lowest BCUT2D eigenvalue weighted by atomic mass is 9.94. The maximum absolute atomic E-state index is 14.0. The summed E-state index contributed by atoms with van der Waals surface area (Å²) in [7, 11) is -4.05. The number of nitrogens with one attached hydrogen (secondary N) is 1. The van der Waals surface area contributed by atoms with Crippen molar-refractivity contribution in [2.75, 3.05) is 13.1 Å². The number of halogens is 2. The highest BCUT2D eigenvalue weighted by atomic mass is 35.5. The number of ketones is 1. The second-order valence-electron chi connectivity index (χ2n) is 10.3. The average molecular weight is 644 g/mol. The Kier molecular flexibility index (Phi) is 12.9. The molecule has 1 unspecified atom stereocenters. The first-order valence-corrected chi connectivity index (χ1v) is 15.1. The molecular formula is C27H36Cl2N6O6S. The summed E-state index contributed by atoms with van der Waals surface area (Å²) in [6.45, 7) is 4.19. The van der Waals surface area contributed by atoms with Crippen molar-refractivity contribution in [3.05, 3.63) is 69.6 Å². The Morgan fingerprint density at radius 1 is 1.17 bits per heavy atom. The molecule has 1 aliphatic rings. The van der Waals surface area contributed by atoms with E-state index in [9.17, 15) is 27.7 Å². The summed E-state index contributed by atoms with van der Waals surface area (Å²) in [6, 6.07) is 7.20. The number of amides is 3. The number of rotatable bonds is 13. The molecule has 1 heterocycles. The van der Waals surface area contributed by atoms with Crippen LogP contribution < -0.4 is 16.2 Å². The number of urea groups is 1. The monoisotopic (exact) mass is 642 g/mol. The minimum absolute atomic E-state index is 0. The zero-order valence-electron chi connectivity index (χ0n) is 23.3. The van der Waals surface area contributed by atoms with Crippen LogP contribution in [0.4, 0.5) is 4.79 Å². The van der Waals surface area contributed by atoms with Crippen molar-refractivity contribution in [2.24, 2.45) is 22.7 Å². The Balaban J connectivity index is 0.00000616. The van der Waals surface area contributed by atoms with E-state index >= 15 is 0 Å². The summed E-state index contributed by atoms with van der Waals surface area (Å²) in [6.07, 6.45) is 1.30. The fourth-order valence-electron chi connectivity index (χ4n) is 4.97. The number of likely N-dealkylation sites (tertiary alicyclic amines) is 1. The van der Waals surface area contributed by atoms with E-state index in [0.717, 1.165) is 0 Å². The van der Waals surface area contributed by atoms with Gasteiger partial charge in [0.1, 0.15) is 12.1 Å². The molecule has 3 amide bonds. The third kappa shape index (κ3) is 8.26. The Bertz CT molecular complexity index is 1380. The number of primary amides is 1. The van der Waals surface area contributed by atoms with E-state index in [4.69, 9.17) is 23.1 Å². The Labute approximate surface area is 256 Å². The molecule has 12 nitrogen and oxygen atoms in total. The zero-order valence-corrected chi connectivity index (χ0v) is 25.7. The fourth-order valence-corrected chi connectivity index (χ4v) is 6.47. The first-order chi connectivity index (χ1) is 19.4. The quantitative estimate of drug-likeness (QED) is 0.221. The van der Waals surface area contributed by atoms with Crippen molar-refractivity contribution in [1.82, 2.24) is 14.6 Å². The maximum atomic E-state index is 14.0. The van der Waals surface area contributed by atoms with Crippen molar-refractivity contribution >= 4 is 51.8 Å². The van der Waals surface area contributed by atoms with E-state index in [0.29, 0.717) is 30.0 Å². The SMILES string of the molecule is CC(C)C[C@@H](NS(=O)(=O)c1ccccc1)C(=O)N1CCC[C@H]1C(=O)C(c1ccc(CCN)c(Cl)c1)N(N=O)C(N)=O.Cl. The van der Waals surface area contributed by atoms with Crippen LogP contribution in [0.1, 0.15) is 50.3 Å². The van der Waals surface area contributed by atoms with Gasteiger partial charge in [-0.2, -0.15) is 9.73 Å². The number of nitrogens with zero attached hydrogens (tertiary/aromatic N) is 3. The van der Waals surface area contributed by atoms with Gasteiger partial charge in [0.05, 0.1) is 16.2 Å². The van der Waals surface area contributed by atoms with Gasteiger partial charge >= 0.3 is 6.03 Å². The lowest BCUT2D eigenvalue weighted by Crippen LogP contribution is -2.53. The number of Topliss-reactive ketones (excluding diaryl/α,β-unsaturated/α-hetero) is 1. The summed E-state index contributed by atoms with van der Waals surface area (Å²) in [4.78, 5) is 53.0. The minimum Gasteiger partial charge on any atom is -0.350 e. The molecule has 0 radical (unpaired) electrons. The van der Waals surface area contributed by atoms with Gasteiger partial charge in [0.15, 0.2) is 5.78 Å². The largest absolute Gasteiger partial charge is 0.350 e. The van der Waals surface area contributed by atoms with Crippen LogP contribution in [0.2, 0.25) is 5.02 Å². The molecule has 1 saturated heterocycles. The second-order valence-corrected chi connectivity index (χ2v) is 12.4. The number of benzene rings is 2. The van der Waals surface area contributed by atoms with E-state index in [1.54, 1.807) is 24.3 Å². The van der Waals surface area contributed by atoms with Gasteiger partial charge in [-0.3, -0.25) is 9.59 Å². The van der Waals surface area contributed by atoms with Crippen molar-refractivity contribution in [3.63, 3.8) is 0 Å². The molecular weight excluding hydrogens is 607 g/mol. The van der Waals surface area contributed by atoms with E-state index in [-0.39, 0.29) is 53.2 Å². The van der Waals surface area contributed by atoms with Crippen LogP contribution in [0.25, 0.3) is 0 Å². The van der Waals surface area contributed by atoms with Crippen LogP contribution in [0.5, 0.6) is 0 Å². The normalized spacial score (nSPS) is 16.4. The van der Waals surface area contributed by atoms with Gasteiger partial charge in [-0.05, 0) is 67.5 Å². The highest BCUT2D eigenvalue weighted by Gasteiger charge is 2.44. The topological polar surface area (TPSA) is 185 Å². The number of nitroso groups, excluding NO2 is 1. The van der Waals surface area contributed by atoms with E-state index < -0.39 is 45.9 Å². The Morgan fingerprint density at radius 2 is 1.83 bits per heavy atom. The minimum atomic E-state index is -4.05. The molecule has 0 aromatic heterocycles. The molecule has 230 valence electrons. The molecule has 3 atom stereocenters. The van der Waals surface area contributed by atoms with Gasteiger partial charge in [0.2, 0.25) is 15.9 Å². The van der Waals surface area contributed by atoms with Gasteiger partial charge in [-0.15, -0.1) is 17.3 Å². The standard InChI is InChI=1S/C27H35ClN6O6S.ClH/c1-17(2)15-22(31-41(39,40)20-7-4-3-5-8-20)26(36)33-14-6-9-23(33)25(35)24(34(32-38)27(30)37)19-11-10-18(12-13-29)21(28)16-19;/h3-5,7-8,10-11,16-17,22-24,31H,6,9,12-15,29H2,1-2H3,(H2,30,37);1H/t22-,23+,24?;/m1./s1. The second kappa shape index (κ2) is 15.4. The number of carbonyl (C=O) groups is 3.